The zero-order valence-electron chi connectivity index (χ0n) is 12.0. The third-order valence-corrected chi connectivity index (χ3v) is 3.76. The first kappa shape index (κ1) is 17.1. The lowest BCUT2D eigenvalue weighted by molar-refractivity contribution is 0.0953. The number of amides is 1. The molecule has 0 bridgehead atoms. The second-order valence-corrected chi connectivity index (χ2v) is 5.85. The molecule has 0 aliphatic rings. The van der Waals surface area contributed by atoms with Gasteiger partial charge in [0.05, 0.1) is 0 Å². The molecular formula is C14H22ClN3OS. The van der Waals surface area contributed by atoms with Crippen molar-refractivity contribution >= 4 is 35.1 Å². The Bertz CT molecular complexity index is 429. The standard InChI is InChI=1S/C14H22ClN3OS/c1-16-13-10-11(9-12(15)18-13)14(19)17-7-5-3-4-6-8-20-2/h9-10H,3-8H2,1-2H3,(H,16,18)(H,17,19). The van der Waals surface area contributed by atoms with Gasteiger partial charge in [0.25, 0.3) is 5.91 Å². The lowest BCUT2D eigenvalue weighted by Gasteiger charge is -2.07. The first-order valence-corrected chi connectivity index (χ1v) is 8.57. The second kappa shape index (κ2) is 9.88. The number of carbonyl (C=O) groups is 1. The number of nitrogens with one attached hydrogen (secondary N) is 2. The van der Waals surface area contributed by atoms with E-state index in [1.165, 1.54) is 18.6 Å². The lowest BCUT2D eigenvalue weighted by atomic mass is 10.2. The summed E-state index contributed by atoms with van der Waals surface area (Å²) in [6.45, 7) is 0.701. The molecule has 0 radical (unpaired) electrons. The van der Waals surface area contributed by atoms with Gasteiger partial charge >= 0.3 is 0 Å². The van der Waals surface area contributed by atoms with Crippen LogP contribution in [0.3, 0.4) is 0 Å². The van der Waals surface area contributed by atoms with Crippen LogP contribution in [0.4, 0.5) is 5.82 Å². The fourth-order valence-corrected chi connectivity index (χ4v) is 2.49. The number of anilines is 1. The summed E-state index contributed by atoms with van der Waals surface area (Å²) in [5.41, 5.74) is 0.539. The highest BCUT2D eigenvalue weighted by Crippen LogP contribution is 2.14. The van der Waals surface area contributed by atoms with Crippen molar-refractivity contribution in [1.82, 2.24) is 10.3 Å². The molecule has 4 nitrogen and oxygen atoms in total. The molecule has 112 valence electrons. The fraction of sp³-hybridized carbons (Fsp3) is 0.571. The summed E-state index contributed by atoms with van der Waals surface area (Å²) in [7, 11) is 1.74. The number of aromatic nitrogens is 1. The van der Waals surface area contributed by atoms with Crippen molar-refractivity contribution in [2.45, 2.75) is 25.7 Å². The number of hydrogen-bond donors (Lipinski definition) is 2. The van der Waals surface area contributed by atoms with Crippen LogP contribution >= 0.6 is 23.4 Å². The Hall–Kier alpha value is -0.940. The molecule has 0 spiro atoms. The molecule has 0 aromatic carbocycles. The molecule has 0 saturated heterocycles. The molecule has 0 saturated carbocycles. The monoisotopic (exact) mass is 315 g/mol. The summed E-state index contributed by atoms with van der Waals surface area (Å²) < 4.78 is 0. The topological polar surface area (TPSA) is 54.0 Å². The van der Waals surface area contributed by atoms with Crippen LogP contribution in [0.1, 0.15) is 36.0 Å². The van der Waals surface area contributed by atoms with E-state index in [-0.39, 0.29) is 5.91 Å². The number of nitrogens with zero attached hydrogens (tertiary/aromatic N) is 1. The number of carbonyl (C=O) groups excluding carboxylic acids is 1. The molecule has 0 atom stereocenters. The van der Waals surface area contributed by atoms with Gasteiger partial charge in [0.2, 0.25) is 0 Å². The second-order valence-electron chi connectivity index (χ2n) is 4.48. The van der Waals surface area contributed by atoms with Crippen LogP contribution in [0.2, 0.25) is 5.15 Å². The smallest absolute Gasteiger partial charge is 0.251 e. The van der Waals surface area contributed by atoms with Crippen LogP contribution in [0, 0.1) is 0 Å². The van der Waals surface area contributed by atoms with Gasteiger partial charge in [-0.15, -0.1) is 0 Å². The highest BCUT2D eigenvalue weighted by atomic mass is 35.5. The molecule has 0 unspecified atom stereocenters. The molecule has 1 aromatic heterocycles. The summed E-state index contributed by atoms with van der Waals surface area (Å²) in [5.74, 6) is 1.71. The van der Waals surface area contributed by atoms with E-state index in [0.29, 0.717) is 23.1 Å². The molecule has 6 heteroatoms. The van der Waals surface area contributed by atoms with Crippen molar-refractivity contribution in [2.75, 3.05) is 30.9 Å². The van der Waals surface area contributed by atoms with E-state index in [4.69, 9.17) is 11.6 Å². The van der Waals surface area contributed by atoms with E-state index >= 15 is 0 Å². The van der Waals surface area contributed by atoms with Gasteiger partial charge in [-0.3, -0.25) is 4.79 Å². The molecular weight excluding hydrogens is 294 g/mol. The van der Waals surface area contributed by atoms with Gasteiger partial charge in [-0.05, 0) is 37.0 Å². The Morgan fingerprint density at radius 2 is 2.05 bits per heavy atom. The van der Waals surface area contributed by atoms with E-state index in [2.05, 4.69) is 21.9 Å². The summed E-state index contributed by atoms with van der Waals surface area (Å²) in [5, 5.41) is 6.11. The SMILES string of the molecule is CNc1cc(C(=O)NCCCCCCSC)cc(Cl)n1. The fourth-order valence-electron chi connectivity index (χ4n) is 1.78. The van der Waals surface area contributed by atoms with Crippen molar-refractivity contribution in [1.29, 1.82) is 0 Å². The molecule has 20 heavy (non-hydrogen) atoms. The number of thioether (sulfide) groups is 1. The minimum absolute atomic E-state index is 0.102. The van der Waals surface area contributed by atoms with Crippen LogP contribution in [0.15, 0.2) is 12.1 Å². The molecule has 1 amide bonds. The van der Waals surface area contributed by atoms with E-state index in [9.17, 15) is 4.79 Å². The number of unbranched alkanes of at least 4 members (excludes halogenated alkanes) is 3. The molecule has 2 N–H and O–H groups in total. The summed E-state index contributed by atoms with van der Waals surface area (Å²) >= 11 is 7.75. The molecule has 1 heterocycles. The average molecular weight is 316 g/mol. The molecule has 1 aromatic rings. The third-order valence-electron chi connectivity index (χ3n) is 2.87. The third kappa shape index (κ3) is 6.48. The van der Waals surface area contributed by atoms with Crippen molar-refractivity contribution in [3.8, 4) is 0 Å². The van der Waals surface area contributed by atoms with Gasteiger partial charge in [0, 0.05) is 19.2 Å². The first-order valence-electron chi connectivity index (χ1n) is 6.80. The first-order chi connectivity index (χ1) is 9.67. The molecule has 0 aliphatic heterocycles. The summed E-state index contributed by atoms with van der Waals surface area (Å²) in [4.78, 5) is 16.0. The van der Waals surface area contributed by atoms with Gasteiger partial charge in [0.15, 0.2) is 0 Å². The summed E-state index contributed by atoms with van der Waals surface area (Å²) in [6, 6.07) is 3.27. The van der Waals surface area contributed by atoms with Crippen molar-refractivity contribution < 1.29 is 4.79 Å². The average Bonchev–Trinajstić information content (AvgIpc) is 2.45. The van der Waals surface area contributed by atoms with Gasteiger partial charge in [-0.1, -0.05) is 24.4 Å². The highest BCUT2D eigenvalue weighted by Gasteiger charge is 2.08. The Balaban J connectivity index is 2.30. The predicted molar refractivity (Wildman–Crippen MR) is 88.0 cm³/mol. The number of halogens is 1. The van der Waals surface area contributed by atoms with Crippen LogP contribution in [-0.4, -0.2) is 36.5 Å². The van der Waals surface area contributed by atoms with Crippen LogP contribution in [-0.2, 0) is 0 Å². The van der Waals surface area contributed by atoms with Gasteiger partial charge in [0.1, 0.15) is 11.0 Å². The van der Waals surface area contributed by atoms with Crippen LogP contribution in [0.5, 0.6) is 0 Å². The number of hydrogen-bond acceptors (Lipinski definition) is 4. The Morgan fingerprint density at radius 1 is 1.30 bits per heavy atom. The number of rotatable bonds is 9. The van der Waals surface area contributed by atoms with Crippen molar-refractivity contribution in [3.63, 3.8) is 0 Å². The zero-order chi connectivity index (χ0) is 14.8. The van der Waals surface area contributed by atoms with Crippen LogP contribution in [0.25, 0.3) is 0 Å². The zero-order valence-corrected chi connectivity index (χ0v) is 13.6. The maximum Gasteiger partial charge on any atom is 0.251 e. The van der Waals surface area contributed by atoms with E-state index in [0.717, 1.165) is 12.8 Å². The van der Waals surface area contributed by atoms with Gasteiger partial charge in [-0.2, -0.15) is 11.8 Å². The predicted octanol–water partition coefficient (Wildman–Crippen LogP) is 3.43. The van der Waals surface area contributed by atoms with Gasteiger partial charge < -0.3 is 10.6 Å². The van der Waals surface area contributed by atoms with Crippen molar-refractivity contribution in [2.24, 2.45) is 0 Å². The number of pyridine rings is 1. The summed E-state index contributed by atoms with van der Waals surface area (Å²) in [6.07, 6.45) is 6.76. The van der Waals surface area contributed by atoms with Crippen molar-refractivity contribution in [3.05, 3.63) is 22.8 Å². The maximum absolute atomic E-state index is 12.0. The van der Waals surface area contributed by atoms with E-state index in [1.807, 2.05) is 11.8 Å². The quantitative estimate of drug-likeness (QED) is 0.541. The lowest BCUT2D eigenvalue weighted by Crippen LogP contribution is -2.24. The Labute approximate surface area is 130 Å². The Kier molecular flexibility index (Phi) is 8.46. The van der Waals surface area contributed by atoms with Crippen LogP contribution < -0.4 is 10.6 Å². The highest BCUT2D eigenvalue weighted by molar-refractivity contribution is 7.98. The van der Waals surface area contributed by atoms with Gasteiger partial charge in [-0.25, -0.2) is 4.98 Å². The minimum atomic E-state index is -0.102. The normalized spacial score (nSPS) is 10.3. The maximum atomic E-state index is 12.0. The molecule has 0 aliphatic carbocycles. The minimum Gasteiger partial charge on any atom is -0.373 e. The van der Waals surface area contributed by atoms with E-state index in [1.54, 1.807) is 19.2 Å². The molecule has 0 fully saturated rings. The largest absolute Gasteiger partial charge is 0.373 e. The van der Waals surface area contributed by atoms with E-state index < -0.39 is 0 Å². The Morgan fingerprint density at radius 3 is 2.75 bits per heavy atom. The molecule has 1 rings (SSSR count).